The largest absolute Gasteiger partial charge is 0.495 e. The number of benzene rings is 3. The fourth-order valence-corrected chi connectivity index (χ4v) is 4.13. The number of carbonyl (C=O) groups excluding carboxylic acids is 2. The van der Waals surface area contributed by atoms with Crippen LogP contribution < -0.4 is 10.1 Å². The molecule has 0 radical (unpaired) electrons. The Labute approximate surface area is 198 Å². The molecule has 2 amide bonds. The van der Waals surface area contributed by atoms with E-state index in [1.54, 1.807) is 19.2 Å². The highest BCUT2D eigenvalue weighted by atomic mass is 35.5. The van der Waals surface area contributed by atoms with Gasteiger partial charge in [0.05, 0.1) is 24.9 Å². The van der Waals surface area contributed by atoms with Crippen molar-refractivity contribution in [2.75, 3.05) is 12.4 Å². The van der Waals surface area contributed by atoms with Crippen molar-refractivity contribution in [2.45, 2.75) is 27.3 Å². The quantitative estimate of drug-likeness (QED) is 0.482. The summed E-state index contributed by atoms with van der Waals surface area (Å²) in [4.78, 5) is 28.4. The molecular weight excluding hydrogens is 436 g/mol. The minimum Gasteiger partial charge on any atom is -0.495 e. The van der Waals surface area contributed by atoms with E-state index in [9.17, 15) is 9.59 Å². The summed E-state index contributed by atoms with van der Waals surface area (Å²) >= 11 is 6.00. The first-order chi connectivity index (χ1) is 15.8. The van der Waals surface area contributed by atoms with Gasteiger partial charge >= 0.3 is 0 Å². The third-order valence-electron chi connectivity index (χ3n) is 5.69. The number of nitrogens with zero attached hydrogens (tertiary/aromatic N) is 1. The summed E-state index contributed by atoms with van der Waals surface area (Å²) in [6.07, 6.45) is 0. The van der Waals surface area contributed by atoms with E-state index >= 15 is 0 Å². The number of hydrogen-bond acceptors (Lipinski definition) is 4. The third-order valence-corrected chi connectivity index (χ3v) is 5.94. The van der Waals surface area contributed by atoms with E-state index in [2.05, 4.69) is 5.32 Å². The van der Waals surface area contributed by atoms with E-state index in [4.69, 9.17) is 16.3 Å². The smallest absolute Gasteiger partial charge is 0.278 e. The third kappa shape index (κ3) is 4.50. The van der Waals surface area contributed by atoms with Crippen LogP contribution in [0.2, 0.25) is 5.02 Å². The number of nitrogens with one attached hydrogen (secondary N) is 1. The van der Waals surface area contributed by atoms with Crippen LogP contribution in [0.1, 0.15) is 27.8 Å². The first kappa shape index (κ1) is 22.6. The second kappa shape index (κ2) is 9.12. The van der Waals surface area contributed by atoms with Crippen LogP contribution in [0.25, 0.3) is 5.57 Å². The summed E-state index contributed by atoms with van der Waals surface area (Å²) in [5, 5.41) is 3.82. The number of methoxy groups -OCH3 is 1. The van der Waals surface area contributed by atoms with Crippen LogP contribution in [0.5, 0.6) is 5.75 Å². The Balaban J connectivity index is 1.81. The van der Waals surface area contributed by atoms with Crippen LogP contribution in [-0.2, 0) is 16.1 Å². The van der Waals surface area contributed by atoms with Crippen molar-refractivity contribution in [3.8, 4) is 5.75 Å². The van der Waals surface area contributed by atoms with Crippen molar-refractivity contribution >= 4 is 34.7 Å². The number of ether oxygens (including phenoxy) is 1. The van der Waals surface area contributed by atoms with Crippen LogP contribution in [0.15, 0.2) is 66.4 Å². The van der Waals surface area contributed by atoms with Gasteiger partial charge in [-0.25, -0.2) is 0 Å². The monoisotopic (exact) mass is 460 g/mol. The van der Waals surface area contributed by atoms with E-state index in [0.29, 0.717) is 22.0 Å². The van der Waals surface area contributed by atoms with Crippen LogP contribution in [0.4, 0.5) is 5.69 Å². The van der Waals surface area contributed by atoms with Crippen molar-refractivity contribution in [1.82, 2.24) is 4.90 Å². The van der Waals surface area contributed by atoms with Gasteiger partial charge in [0.1, 0.15) is 11.4 Å². The zero-order chi connectivity index (χ0) is 23.7. The van der Waals surface area contributed by atoms with Gasteiger partial charge in [-0.2, -0.15) is 0 Å². The molecule has 168 valence electrons. The number of aryl methyl sites for hydroxylation is 3. The molecule has 0 fully saturated rings. The number of rotatable bonds is 6. The molecule has 1 heterocycles. The highest BCUT2D eigenvalue weighted by Crippen LogP contribution is 2.35. The number of amides is 2. The molecule has 0 saturated carbocycles. The number of anilines is 1. The lowest BCUT2D eigenvalue weighted by Gasteiger charge is -2.16. The fraction of sp³-hybridized carbons (Fsp3) is 0.185. The molecule has 5 nitrogen and oxygen atoms in total. The Morgan fingerprint density at radius 1 is 0.879 bits per heavy atom. The maximum absolute atomic E-state index is 13.6. The van der Waals surface area contributed by atoms with Crippen LogP contribution in [-0.4, -0.2) is 23.8 Å². The Hall–Kier alpha value is -3.57. The lowest BCUT2D eigenvalue weighted by molar-refractivity contribution is -0.137. The minimum absolute atomic E-state index is 0.152. The average Bonchev–Trinajstić information content (AvgIpc) is 3.00. The maximum Gasteiger partial charge on any atom is 0.278 e. The number of halogens is 1. The van der Waals surface area contributed by atoms with E-state index in [1.165, 1.54) is 4.90 Å². The molecule has 3 aromatic carbocycles. The predicted octanol–water partition coefficient (Wildman–Crippen LogP) is 5.67. The van der Waals surface area contributed by atoms with Crippen molar-refractivity contribution in [1.29, 1.82) is 0 Å². The Bertz CT molecular complexity index is 1280. The molecule has 0 aliphatic carbocycles. The van der Waals surface area contributed by atoms with E-state index in [0.717, 1.165) is 27.8 Å². The van der Waals surface area contributed by atoms with Gasteiger partial charge in [-0.15, -0.1) is 0 Å². The lowest BCUT2D eigenvalue weighted by atomic mass is 9.97. The second-order valence-electron chi connectivity index (χ2n) is 8.22. The van der Waals surface area contributed by atoms with E-state index in [-0.39, 0.29) is 24.1 Å². The second-order valence-corrected chi connectivity index (χ2v) is 8.66. The van der Waals surface area contributed by atoms with Crippen LogP contribution in [0, 0.1) is 20.8 Å². The van der Waals surface area contributed by atoms with Gasteiger partial charge in [-0.3, -0.25) is 14.5 Å². The SMILES string of the molecule is COc1ccc(C)cc1NC1=C(c2ccc(C)cc2C)C(=O)N(Cc2ccc(Cl)cc2)C1=O. The van der Waals surface area contributed by atoms with Gasteiger partial charge in [-0.05, 0) is 67.3 Å². The average molecular weight is 461 g/mol. The highest BCUT2D eigenvalue weighted by Gasteiger charge is 2.40. The summed E-state index contributed by atoms with van der Waals surface area (Å²) in [5.41, 5.74) is 5.78. The minimum atomic E-state index is -0.381. The molecule has 3 aromatic rings. The molecule has 0 spiro atoms. The molecule has 0 aromatic heterocycles. The normalized spacial score (nSPS) is 13.7. The number of carbonyl (C=O) groups is 2. The maximum atomic E-state index is 13.6. The van der Waals surface area contributed by atoms with Crippen molar-refractivity contribution in [3.05, 3.63) is 99.2 Å². The Kier molecular flexibility index (Phi) is 6.25. The molecule has 4 rings (SSSR count). The van der Waals surface area contributed by atoms with Gasteiger partial charge in [0.2, 0.25) is 0 Å². The lowest BCUT2D eigenvalue weighted by Crippen LogP contribution is -2.32. The summed E-state index contributed by atoms with van der Waals surface area (Å²) in [5.74, 6) is -0.131. The summed E-state index contributed by atoms with van der Waals surface area (Å²) in [6, 6.07) is 18.6. The first-order valence-electron chi connectivity index (χ1n) is 10.6. The molecular formula is C27H25ClN2O3. The molecule has 33 heavy (non-hydrogen) atoms. The summed E-state index contributed by atoms with van der Waals surface area (Å²) < 4.78 is 5.48. The van der Waals surface area contributed by atoms with Crippen LogP contribution in [0.3, 0.4) is 0 Å². The standard InChI is InChI=1S/C27H25ClN2O3/c1-16-5-11-21(18(3)13-16)24-25(29-22-14-17(2)6-12-23(22)33-4)27(32)30(26(24)31)15-19-7-9-20(28)10-8-19/h5-14,29H,15H2,1-4H3. The molecule has 0 bridgehead atoms. The summed E-state index contributed by atoms with van der Waals surface area (Å²) in [7, 11) is 1.57. The van der Waals surface area contributed by atoms with Crippen LogP contribution >= 0.6 is 11.6 Å². The van der Waals surface area contributed by atoms with Gasteiger partial charge in [-0.1, -0.05) is 53.6 Å². The molecule has 1 N–H and O–H groups in total. The van der Waals surface area contributed by atoms with E-state index in [1.807, 2.05) is 69.3 Å². The zero-order valence-electron chi connectivity index (χ0n) is 19.0. The molecule has 0 unspecified atom stereocenters. The molecule has 1 aliphatic heterocycles. The van der Waals surface area contributed by atoms with Crippen molar-refractivity contribution in [2.24, 2.45) is 0 Å². The predicted molar refractivity (Wildman–Crippen MR) is 131 cm³/mol. The fourth-order valence-electron chi connectivity index (χ4n) is 4.01. The molecule has 0 saturated heterocycles. The summed E-state index contributed by atoms with van der Waals surface area (Å²) in [6.45, 7) is 6.05. The number of imide groups is 1. The van der Waals surface area contributed by atoms with Gasteiger partial charge in [0.25, 0.3) is 11.8 Å². The Morgan fingerprint density at radius 2 is 1.55 bits per heavy atom. The number of hydrogen-bond donors (Lipinski definition) is 1. The van der Waals surface area contributed by atoms with Gasteiger partial charge in [0, 0.05) is 5.02 Å². The first-order valence-corrected chi connectivity index (χ1v) is 11.0. The highest BCUT2D eigenvalue weighted by molar-refractivity contribution is 6.36. The molecule has 1 aliphatic rings. The van der Waals surface area contributed by atoms with Gasteiger partial charge < -0.3 is 10.1 Å². The molecule has 6 heteroatoms. The van der Waals surface area contributed by atoms with Crippen molar-refractivity contribution in [3.63, 3.8) is 0 Å². The van der Waals surface area contributed by atoms with Crippen molar-refractivity contribution < 1.29 is 14.3 Å². The topological polar surface area (TPSA) is 58.6 Å². The van der Waals surface area contributed by atoms with Gasteiger partial charge in [0.15, 0.2) is 0 Å². The Morgan fingerprint density at radius 3 is 2.21 bits per heavy atom. The molecule has 0 atom stereocenters. The zero-order valence-corrected chi connectivity index (χ0v) is 19.8. The van der Waals surface area contributed by atoms with E-state index < -0.39 is 0 Å².